The van der Waals surface area contributed by atoms with Gasteiger partial charge in [-0.05, 0) is 46.6 Å². The van der Waals surface area contributed by atoms with Gasteiger partial charge in [-0.15, -0.1) is 0 Å². The number of carbonyl (C=O) groups is 1. The molecular weight excluding hydrogens is 356 g/mol. The third-order valence-corrected chi connectivity index (χ3v) is 5.11. The quantitative estimate of drug-likeness (QED) is 0.695. The number of hydrogen-bond acceptors (Lipinski definition) is 5. The Kier molecular flexibility index (Phi) is 6.05. The van der Waals surface area contributed by atoms with Gasteiger partial charge in [0.05, 0.1) is 35.4 Å². The Labute approximate surface area is 167 Å². The van der Waals surface area contributed by atoms with Crippen molar-refractivity contribution < 1.29 is 14.3 Å². The molecule has 0 aromatic carbocycles. The minimum atomic E-state index is -0.214. The van der Waals surface area contributed by atoms with Crippen LogP contribution in [0.25, 0.3) is 11.0 Å². The second-order valence-corrected chi connectivity index (χ2v) is 8.51. The molecule has 0 spiro atoms. The van der Waals surface area contributed by atoms with E-state index in [-0.39, 0.29) is 11.4 Å². The van der Waals surface area contributed by atoms with Crippen LogP contribution in [0.2, 0.25) is 0 Å². The number of ether oxygens (including phenoxy) is 2. The van der Waals surface area contributed by atoms with Crippen molar-refractivity contribution in [2.45, 2.75) is 52.0 Å². The van der Waals surface area contributed by atoms with Crippen LogP contribution in [-0.4, -0.2) is 66.1 Å². The maximum atomic E-state index is 13.5. The lowest BCUT2D eigenvalue weighted by atomic mass is 10.1. The molecule has 2 aromatic heterocycles. The Bertz CT molecular complexity index is 841. The molecule has 0 bridgehead atoms. The number of amides is 1. The Hall–Kier alpha value is -1.99. The fourth-order valence-electron chi connectivity index (χ4n) is 3.42. The summed E-state index contributed by atoms with van der Waals surface area (Å²) in [6.45, 7) is 10.3. The van der Waals surface area contributed by atoms with Gasteiger partial charge in [-0.25, -0.2) is 9.67 Å². The molecule has 0 aliphatic heterocycles. The maximum absolute atomic E-state index is 13.5. The van der Waals surface area contributed by atoms with Crippen molar-refractivity contribution in [2.24, 2.45) is 0 Å². The van der Waals surface area contributed by atoms with Gasteiger partial charge < -0.3 is 14.4 Å². The second-order valence-electron chi connectivity index (χ2n) is 8.51. The molecule has 1 fully saturated rings. The first-order valence-corrected chi connectivity index (χ1v) is 9.95. The highest BCUT2D eigenvalue weighted by atomic mass is 16.5. The minimum Gasteiger partial charge on any atom is -0.383 e. The van der Waals surface area contributed by atoms with E-state index in [2.05, 4.69) is 20.8 Å². The molecule has 1 aliphatic rings. The van der Waals surface area contributed by atoms with Crippen molar-refractivity contribution in [1.29, 1.82) is 0 Å². The first kappa shape index (κ1) is 20.7. The fourth-order valence-corrected chi connectivity index (χ4v) is 3.42. The number of aryl methyl sites for hydroxylation is 1. The lowest BCUT2D eigenvalue weighted by Crippen LogP contribution is -2.36. The maximum Gasteiger partial charge on any atom is 0.254 e. The van der Waals surface area contributed by atoms with E-state index < -0.39 is 0 Å². The summed E-state index contributed by atoms with van der Waals surface area (Å²) in [6, 6.07) is 1.98. The number of aromatic nitrogens is 3. The van der Waals surface area contributed by atoms with Crippen LogP contribution in [0.5, 0.6) is 0 Å². The predicted molar refractivity (Wildman–Crippen MR) is 109 cm³/mol. The number of carbonyl (C=O) groups excluding carboxylic acids is 1. The van der Waals surface area contributed by atoms with Crippen LogP contribution in [0.15, 0.2) is 6.07 Å². The topological polar surface area (TPSA) is 69.5 Å². The molecule has 1 aliphatic carbocycles. The van der Waals surface area contributed by atoms with Crippen LogP contribution in [0.3, 0.4) is 0 Å². The van der Waals surface area contributed by atoms with Gasteiger partial charge in [0.15, 0.2) is 5.65 Å². The van der Waals surface area contributed by atoms with Gasteiger partial charge in [-0.1, -0.05) is 0 Å². The number of methoxy groups -OCH3 is 2. The third kappa shape index (κ3) is 4.20. The van der Waals surface area contributed by atoms with Crippen LogP contribution in [0.4, 0.5) is 0 Å². The van der Waals surface area contributed by atoms with Crippen LogP contribution in [0, 0.1) is 6.92 Å². The van der Waals surface area contributed by atoms with Gasteiger partial charge in [-0.3, -0.25) is 4.79 Å². The monoisotopic (exact) mass is 388 g/mol. The fraction of sp³-hybridized carbons (Fsp3) is 0.667. The lowest BCUT2D eigenvalue weighted by Gasteiger charge is -2.23. The molecule has 7 heteroatoms. The van der Waals surface area contributed by atoms with Crippen molar-refractivity contribution in [3.8, 4) is 0 Å². The van der Waals surface area contributed by atoms with Crippen LogP contribution in [-0.2, 0) is 15.0 Å². The van der Waals surface area contributed by atoms with Crippen molar-refractivity contribution in [1.82, 2.24) is 19.7 Å². The Morgan fingerprint density at radius 2 is 1.82 bits per heavy atom. The first-order chi connectivity index (χ1) is 13.3. The Balaban J connectivity index is 2.12. The normalized spacial score (nSPS) is 14.6. The van der Waals surface area contributed by atoms with E-state index in [1.165, 1.54) is 0 Å². The SMILES string of the molecule is COCCN(CCOC)C(=O)c1cc(C2CC2)nc2c1c(C)nn2C(C)(C)C. The minimum absolute atomic E-state index is 0.0139. The third-order valence-electron chi connectivity index (χ3n) is 5.11. The zero-order valence-corrected chi connectivity index (χ0v) is 17.9. The highest BCUT2D eigenvalue weighted by molar-refractivity contribution is 6.06. The molecule has 2 aromatic rings. The molecule has 28 heavy (non-hydrogen) atoms. The van der Waals surface area contributed by atoms with Crippen LogP contribution >= 0.6 is 0 Å². The summed E-state index contributed by atoms with van der Waals surface area (Å²) in [7, 11) is 3.29. The number of pyridine rings is 1. The second kappa shape index (κ2) is 8.17. The van der Waals surface area contributed by atoms with E-state index in [0.717, 1.165) is 35.3 Å². The van der Waals surface area contributed by atoms with Crippen LogP contribution < -0.4 is 0 Å². The molecular formula is C21H32N4O3. The molecule has 0 radical (unpaired) electrons. The summed E-state index contributed by atoms with van der Waals surface area (Å²) in [5.41, 5.74) is 3.11. The highest BCUT2D eigenvalue weighted by Gasteiger charge is 2.31. The molecule has 0 N–H and O–H groups in total. The molecule has 0 unspecified atom stereocenters. The molecule has 1 amide bonds. The summed E-state index contributed by atoms with van der Waals surface area (Å²) >= 11 is 0. The molecule has 3 rings (SSSR count). The van der Waals surface area contributed by atoms with E-state index in [4.69, 9.17) is 19.6 Å². The smallest absolute Gasteiger partial charge is 0.254 e. The van der Waals surface area contributed by atoms with Gasteiger partial charge in [0.2, 0.25) is 0 Å². The average molecular weight is 389 g/mol. The van der Waals surface area contributed by atoms with E-state index in [1.54, 1.807) is 19.1 Å². The van der Waals surface area contributed by atoms with E-state index in [1.807, 2.05) is 17.7 Å². The van der Waals surface area contributed by atoms with E-state index in [9.17, 15) is 4.79 Å². The van der Waals surface area contributed by atoms with Gasteiger partial charge >= 0.3 is 0 Å². The lowest BCUT2D eigenvalue weighted by molar-refractivity contribution is 0.0629. The number of rotatable bonds is 8. The van der Waals surface area contributed by atoms with Crippen molar-refractivity contribution >= 4 is 16.9 Å². The van der Waals surface area contributed by atoms with Crippen molar-refractivity contribution in [3.63, 3.8) is 0 Å². The Morgan fingerprint density at radius 1 is 1.21 bits per heavy atom. The van der Waals surface area contributed by atoms with E-state index in [0.29, 0.717) is 37.8 Å². The average Bonchev–Trinajstić information content (AvgIpc) is 3.44. The zero-order valence-electron chi connectivity index (χ0n) is 17.9. The van der Waals surface area contributed by atoms with Crippen LogP contribution in [0.1, 0.15) is 61.3 Å². The zero-order chi connectivity index (χ0) is 20.5. The molecule has 1 saturated carbocycles. The number of fused-ring (bicyclic) bond motifs is 1. The summed E-state index contributed by atoms with van der Waals surface area (Å²) in [5, 5.41) is 5.59. The first-order valence-electron chi connectivity index (χ1n) is 9.95. The summed E-state index contributed by atoms with van der Waals surface area (Å²) < 4.78 is 12.4. The van der Waals surface area contributed by atoms with Crippen molar-refractivity contribution in [3.05, 3.63) is 23.0 Å². The predicted octanol–water partition coefficient (Wildman–Crippen LogP) is 3.11. The van der Waals surface area contributed by atoms with Gasteiger partial charge in [0.1, 0.15) is 0 Å². The Morgan fingerprint density at radius 3 is 2.32 bits per heavy atom. The molecule has 154 valence electrons. The van der Waals surface area contributed by atoms with Gasteiger partial charge in [0.25, 0.3) is 5.91 Å². The van der Waals surface area contributed by atoms with Gasteiger partial charge in [0, 0.05) is 38.9 Å². The summed E-state index contributed by atoms with van der Waals surface area (Å²) in [6.07, 6.45) is 2.26. The summed E-state index contributed by atoms with van der Waals surface area (Å²) in [5.74, 6) is 0.436. The highest BCUT2D eigenvalue weighted by Crippen LogP contribution is 2.41. The number of hydrogen-bond donors (Lipinski definition) is 0. The summed E-state index contributed by atoms with van der Waals surface area (Å²) in [4.78, 5) is 20.3. The van der Waals surface area contributed by atoms with Crippen molar-refractivity contribution in [2.75, 3.05) is 40.5 Å². The number of nitrogens with zero attached hydrogens (tertiary/aromatic N) is 4. The standard InChI is InChI=1S/C21H32N4O3/c1-14-18-16(20(26)24(9-11-27-5)10-12-28-6)13-17(15-7-8-15)22-19(18)25(23-14)21(2,3)4/h13,15H,7-12H2,1-6H3. The molecule has 0 saturated heterocycles. The molecule has 7 nitrogen and oxygen atoms in total. The molecule has 2 heterocycles. The van der Waals surface area contributed by atoms with E-state index >= 15 is 0 Å². The molecule has 0 atom stereocenters. The largest absolute Gasteiger partial charge is 0.383 e. The van der Waals surface area contributed by atoms with Gasteiger partial charge in [-0.2, -0.15) is 5.10 Å².